The summed E-state index contributed by atoms with van der Waals surface area (Å²) in [6.45, 7) is 14.0. The molecule has 56 heavy (non-hydrogen) atoms. The number of hydrogen-bond donors (Lipinski definition) is 0. The van der Waals surface area contributed by atoms with Gasteiger partial charge in [0.15, 0.2) is 12.1 Å². The van der Waals surface area contributed by atoms with Gasteiger partial charge in [0.1, 0.15) is 5.60 Å². The number of hydrogen-bond acceptors (Lipinski definition) is 8. The summed E-state index contributed by atoms with van der Waals surface area (Å²) in [4.78, 5) is 20.4. The van der Waals surface area contributed by atoms with Crippen LogP contribution in [0.2, 0.25) is 10.1 Å². The van der Waals surface area contributed by atoms with E-state index in [0.717, 1.165) is 53.2 Å². The second-order valence-electron chi connectivity index (χ2n) is 17.1. The Morgan fingerprint density at radius 1 is 0.982 bits per heavy atom. The fourth-order valence-corrected chi connectivity index (χ4v) is 14.0. The average Bonchev–Trinajstić information content (AvgIpc) is 3.83. The highest BCUT2D eigenvalue weighted by Gasteiger charge is 2.52. The Kier molecular flexibility index (Phi) is 12.1. The molecular weight excluding hydrogens is 810 g/mol. The lowest BCUT2D eigenvalue weighted by Gasteiger charge is -2.47. The van der Waals surface area contributed by atoms with Crippen molar-refractivity contribution in [1.82, 2.24) is 24.8 Å². The molecule has 2 aliphatic heterocycles. The first-order valence-corrected chi connectivity index (χ1v) is 22.9. The average molecular weight is 863 g/mol. The summed E-state index contributed by atoms with van der Waals surface area (Å²) in [5, 5.41) is 13.0. The Bertz CT molecular complexity index is 2070. The molecule has 5 aromatic rings. The molecule has 7 rings (SSSR count). The van der Waals surface area contributed by atoms with E-state index in [1.54, 1.807) is 4.90 Å². The van der Waals surface area contributed by atoms with E-state index in [0.29, 0.717) is 49.1 Å². The number of carbonyl (C=O) groups is 1. The van der Waals surface area contributed by atoms with E-state index in [9.17, 15) is 4.79 Å². The van der Waals surface area contributed by atoms with Gasteiger partial charge in [0, 0.05) is 46.9 Å². The summed E-state index contributed by atoms with van der Waals surface area (Å²) in [6.07, 6.45) is 6.94. The highest BCUT2D eigenvalue weighted by atomic mass is 79.9. The molecule has 2 saturated heterocycles. The van der Waals surface area contributed by atoms with Crippen molar-refractivity contribution in [3.63, 3.8) is 0 Å². The van der Waals surface area contributed by atoms with Crippen molar-refractivity contribution in [1.29, 1.82) is 0 Å². The predicted octanol–water partition coefficient (Wildman–Crippen LogP) is 9.38. The first kappa shape index (κ1) is 40.6. The van der Waals surface area contributed by atoms with Gasteiger partial charge in [-0.2, -0.15) is 10.1 Å². The smallest absolute Gasteiger partial charge is 0.410 e. The van der Waals surface area contributed by atoms with Gasteiger partial charge in [-0.25, -0.2) is 9.48 Å². The SMILES string of the molecule is CC(C)(C)OC(=O)N1C[C@@H](O[Si](c2ccccc2)(c2ccccc2)C(C)(C)C)C[C@@H](c2noc(CCCc3c(Cl)cc4c(cnn4[C@H]4CCCCO4)c3Br)n2)C1. The molecule has 298 valence electrons. The minimum atomic E-state index is -2.93. The Morgan fingerprint density at radius 3 is 2.30 bits per heavy atom. The zero-order chi connectivity index (χ0) is 39.7. The monoisotopic (exact) mass is 861 g/mol. The number of ether oxygens (including phenoxy) is 2. The Labute approximate surface area is 344 Å². The maximum atomic E-state index is 13.7. The summed E-state index contributed by atoms with van der Waals surface area (Å²) in [5.74, 6) is 0.907. The fraction of sp³-hybridized carbons (Fsp3) is 0.488. The van der Waals surface area contributed by atoms with Crippen LogP contribution >= 0.6 is 27.5 Å². The summed E-state index contributed by atoms with van der Waals surface area (Å²) < 4.78 is 28.2. The zero-order valence-electron chi connectivity index (χ0n) is 33.3. The van der Waals surface area contributed by atoms with Crippen molar-refractivity contribution in [2.24, 2.45) is 0 Å². The van der Waals surface area contributed by atoms with E-state index < -0.39 is 13.9 Å². The van der Waals surface area contributed by atoms with Crippen molar-refractivity contribution in [3.8, 4) is 0 Å². The standard InChI is InChI=1S/C43H53BrClN5O5Si/c1-42(2,3)53-41(51)49-27-29(24-30(28-49)55-56(43(4,5)6,31-16-9-7-10-17-31)32-18-11-8-12-19-32)40-47-37(54-48-40)21-15-20-33-35(45)25-36-34(39(33)44)26-46-50(36)38-22-13-14-23-52-38/h7-12,16-19,25-26,29-30,38H,13-15,20-24,27-28H2,1-6H3/t29-,30+,38-/m1/s1. The molecule has 2 fully saturated rings. The molecule has 0 radical (unpaired) electrons. The molecule has 0 N–H and O–H groups in total. The Balaban J connectivity index is 1.11. The molecule has 4 heterocycles. The number of likely N-dealkylation sites (tertiary alicyclic amines) is 1. The minimum Gasteiger partial charge on any atom is -0.444 e. The Morgan fingerprint density at radius 2 is 1.68 bits per heavy atom. The maximum Gasteiger partial charge on any atom is 0.410 e. The molecule has 0 bridgehead atoms. The van der Waals surface area contributed by atoms with Crippen LogP contribution in [0.1, 0.15) is 103 Å². The topological polar surface area (TPSA) is 105 Å². The largest absolute Gasteiger partial charge is 0.444 e. The van der Waals surface area contributed by atoms with Crippen LogP contribution in [0.15, 0.2) is 81.9 Å². The van der Waals surface area contributed by atoms with E-state index in [-0.39, 0.29) is 29.4 Å². The lowest BCUT2D eigenvalue weighted by Crippen LogP contribution is -2.68. The van der Waals surface area contributed by atoms with Crippen LogP contribution in [0.3, 0.4) is 0 Å². The third kappa shape index (κ3) is 8.64. The summed E-state index contributed by atoms with van der Waals surface area (Å²) >= 11 is 10.7. The van der Waals surface area contributed by atoms with E-state index in [4.69, 9.17) is 35.0 Å². The minimum absolute atomic E-state index is 0.0696. The van der Waals surface area contributed by atoms with Crippen molar-refractivity contribution < 1.29 is 23.2 Å². The van der Waals surface area contributed by atoms with Crippen LogP contribution in [0.25, 0.3) is 10.9 Å². The van der Waals surface area contributed by atoms with Crippen LogP contribution in [0.5, 0.6) is 0 Å². The quantitative estimate of drug-likeness (QED) is 0.128. The first-order valence-electron chi connectivity index (χ1n) is 19.8. The van der Waals surface area contributed by atoms with E-state index in [2.05, 4.69) is 95.5 Å². The number of amides is 1. The summed E-state index contributed by atoms with van der Waals surface area (Å²) in [7, 11) is -2.93. The van der Waals surface area contributed by atoms with Gasteiger partial charge in [0.25, 0.3) is 8.32 Å². The van der Waals surface area contributed by atoms with Gasteiger partial charge in [-0.15, -0.1) is 0 Å². The molecule has 3 atom stereocenters. The highest BCUT2D eigenvalue weighted by molar-refractivity contribution is 9.10. The highest BCUT2D eigenvalue weighted by Crippen LogP contribution is 2.40. The molecule has 2 aliphatic rings. The lowest BCUT2D eigenvalue weighted by molar-refractivity contribution is -0.0366. The molecule has 0 unspecified atom stereocenters. The predicted molar refractivity (Wildman–Crippen MR) is 225 cm³/mol. The van der Waals surface area contributed by atoms with Gasteiger partial charge < -0.3 is 23.3 Å². The number of aromatic nitrogens is 4. The summed E-state index contributed by atoms with van der Waals surface area (Å²) in [5.41, 5.74) is 1.33. The number of rotatable bonds is 10. The van der Waals surface area contributed by atoms with Gasteiger partial charge in [-0.3, -0.25) is 0 Å². The number of nitrogens with zero attached hydrogens (tertiary/aromatic N) is 5. The number of fused-ring (bicyclic) bond motifs is 1. The van der Waals surface area contributed by atoms with Crippen LogP contribution in [-0.4, -0.2) is 70.6 Å². The third-order valence-electron chi connectivity index (χ3n) is 10.8. The Hall–Kier alpha value is -3.55. The van der Waals surface area contributed by atoms with Gasteiger partial charge in [-0.05, 0) is 102 Å². The second kappa shape index (κ2) is 16.7. The van der Waals surface area contributed by atoms with Crippen molar-refractivity contribution >= 4 is 63.2 Å². The van der Waals surface area contributed by atoms with Crippen LogP contribution < -0.4 is 10.4 Å². The van der Waals surface area contributed by atoms with Gasteiger partial charge >= 0.3 is 6.09 Å². The van der Waals surface area contributed by atoms with Gasteiger partial charge in [-0.1, -0.05) is 98.2 Å². The second-order valence-corrected chi connectivity index (χ2v) is 22.6. The van der Waals surface area contributed by atoms with E-state index >= 15 is 0 Å². The third-order valence-corrected chi connectivity index (χ3v) is 17.1. The molecule has 3 aromatic carbocycles. The number of benzene rings is 3. The molecule has 0 spiro atoms. The molecule has 13 heteroatoms. The molecule has 2 aromatic heterocycles. The maximum absolute atomic E-state index is 13.7. The van der Waals surface area contributed by atoms with E-state index in [1.165, 1.54) is 10.4 Å². The molecular formula is C43H53BrClN5O5Si. The first-order chi connectivity index (χ1) is 26.7. The number of halogens is 2. The van der Waals surface area contributed by atoms with E-state index in [1.807, 2.05) is 49.8 Å². The molecule has 1 amide bonds. The van der Waals surface area contributed by atoms with Crippen LogP contribution in [0, 0.1) is 0 Å². The van der Waals surface area contributed by atoms with Gasteiger partial charge in [0.05, 0.1) is 17.8 Å². The lowest BCUT2D eigenvalue weighted by atomic mass is 9.95. The fourth-order valence-electron chi connectivity index (χ4n) is 8.23. The van der Waals surface area contributed by atoms with Crippen molar-refractivity contribution in [3.05, 3.63) is 99.7 Å². The zero-order valence-corrected chi connectivity index (χ0v) is 36.6. The van der Waals surface area contributed by atoms with Crippen molar-refractivity contribution in [2.75, 3.05) is 19.7 Å². The number of piperidine rings is 1. The van der Waals surface area contributed by atoms with Crippen LogP contribution in [-0.2, 0) is 26.7 Å². The number of carbonyl (C=O) groups excluding carboxylic acids is 1. The van der Waals surface area contributed by atoms with Crippen LogP contribution in [0.4, 0.5) is 4.79 Å². The molecule has 0 aliphatic carbocycles. The van der Waals surface area contributed by atoms with Crippen molar-refractivity contribution in [2.45, 2.75) is 115 Å². The van der Waals surface area contributed by atoms with Gasteiger partial charge in [0.2, 0.25) is 5.89 Å². The number of aryl methyl sites for hydroxylation is 1. The normalized spacial score (nSPS) is 19.7. The molecule has 0 saturated carbocycles. The molecule has 10 nitrogen and oxygen atoms in total. The summed E-state index contributed by atoms with van der Waals surface area (Å²) in [6, 6.07) is 23.2.